The third-order valence-electron chi connectivity index (χ3n) is 5.10. The molecule has 0 spiro atoms. The zero-order valence-electron chi connectivity index (χ0n) is 15.9. The Balaban J connectivity index is 1.61. The van der Waals surface area contributed by atoms with Crippen LogP contribution in [0.2, 0.25) is 0 Å². The second-order valence-electron chi connectivity index (χ2n) is 6.94. The first kappa shape index (κ1) is 19.5. The fourth-order valence-electron chi connectivity index (χ4n) is 3.35. The zero-order chi connectivity index (χ0) is 20.1. The topological polar surface area (TPSA) is 109 Å². The molecule has 7 heteroatoms. The van der Waals surface area contributed by atoms with Gasteiger partial charge in [0.1, 0.15) is 11.5 Å². The van der Waals surface area contributed by atoms with Crippen molar-refractivity contribution in [2.45, 2.75) is 19.3 Å². The highest BCUT2D eigenvalue weighted by Crippen LogP contribution is 2.23. The summed E-state index contributed by atoms with van der Waals surface area (Å²) in [4.78, 5) is 30.2. The standard InChI is InChI=1S/C21H24N4O3/c1-28-19(26)12-14-8-10-25(11-9-14)21(27)18-7-6-17(13-24-18)15-2-4-16(5-3-15)20(22)23/h2-7,13-14H,8-12H2,1H3,(H3,22,23). The van der Waals surface area contributed by atoms with Gasteiger partial charge in [0, 0.05) is 36.8 Å². The number of nitrogens with two attached hydrogens (primary N) is 1. The third kappa shape index (κ3) is 4.54. The van der Waals surface area contributed by atoms with Crippen LogP contribution in [0.25, 0.3) is 11.1 Å². The molecule has 0 atom stereocenters. The van der Waals surface area contributed by atoms with Crippen molar-refractivity contribution in [1.29, 1.82) is 5.41 Å². The minimum absolute atomic E-state index is 0.0287. The number of nitrogen functional groups attached to an aromatic ring is 1. The van der Waals surface area contributed by atoms with Crippen molar-refractivity contribution < 1.29 is 14.3 Å². The molecule has 0 bridgehead atoms. The molecule has 1 saturated heterocycles. The lowest BCUT2D eigenvalue weighted by Gasteiger charge is -2.31. The number of hydrogen-bond donors (Lipinski definition) is 2. The number of amidine groups is 1. The van der Waals surface area contributed by atoms with Gasteiger partial charge in [-0.05, 0) is 30.4 Å². The Labute approximate surface area is 164 Å². The molecule has 3 N–H and O–H groups in total. The predicted molar refractivity (Wildman–Crippen MR) is 106 cm³/mol. The van der Waals surface area contributed by atoms with Crippen molar-refractivity contribution in [2.75, 3.05) is 20.2 Å². The molecule has 7 nitrogen and oxygen atoms in total. The minimum Gasteiger partial charge on any atom is -0.469 e. The second kappa shape index (κ2) is 8.65. The number of hydrogen-bond acceptors (Lipinski definition) is 5. The summed E-state index contributed by atoms with van der Waals surface area (Å²) in [7, 11) is 1.40. The normalized spacial score (nSPS) is 14.5. The van der Waals surface area contributed by atoms with Crippen LogP contribution in [-0.2, 0) is 9.53 Å². The molecule has 28 heavy (non-hydrogen) atoms. The van der Waals surface area contributed by atoms with Crippen molar-refractivity contribution in [3.63, 3.8) is 0 Å². The fourth-order valence-corrected chi connectivity index (χ4v) is 3.35. The van der Waals surface area contributed by atoms with Gasteiger partial charge in [-0.1, -0.05) is 30.3 Å². The highest BCUT2D eigenvalue weighted by molar-refractivity contribution is 5.95. The molecule has 1 aromatic carbocycles. The van der Waals surface area contributed by atoms with Crippen LogP contribution in [0.3, 0.4) is 0 Å². The molecular formula is C21H24N4O3. The average Bonchev–Trinajstić information content (AvgIpc) is 2.74. The quantitative estimate of drug-likeness (QED) is 0.470. The maximum Gasteiger partial charge on any atom is 0.305 e. The molecule has 3 rings (SSSR count). The number of carbonyl (C=O) groups excluding carboxylic acids is 2. The number of rotatable bonds is 5. The molecule has 146 valence electrons. The summed E-state index contributed by atoms with van der Waals surface area (Å²) in [5.41, 5.74) is 8.39. The van der Waals surface area contributed by atoms with E-state index in [1.807, 2.05) is 18.2 Å². The van der Waals surface area contributed by atoms with Crippen LogP contribution in [-0.4, -0.2) is 47.8 Å². The van der Waals surface area contributed by atoms with E-state index >= 15 is 0 Å². The number of ether oxygens (including phenoxy) is 1. The first-order chi connectivity index (χ1) is 13.5. The second-order valence-corrected chi connectivity index (χ2v) is 6.94. The van der Waals surface area contributed by atoms with Gasteiger partial charge in [-0.15, -0.1) is 0 Å². The zero-order valence-corrected chi connectivity index (χ0v) is 15.9. The number of aromatic nitrogens is 1. The first-order valence-corrected chi connectivity index (χ1v) is 9.25. The van der Waals surface area contributed by atoms with E-state index in [-0.39, 0.29) is 23.6 Å². The number of nitrogens with one attached hydrogen (secondary N) is 1. The molecule has 0 saturated carbocycles. The Morgan fingerprint density at radius 3 is 2.32 bits per heavy atom. The third-order valence-corrected chi connectivity index (χ3v) is 5.10. The number of likely N-dealkylation sites (tertiary alicyclic amines) is 1. The van der Waals surface area contributed by atoms with Gasteiger partial charge in [0.2, 0.25) is 0 Å². The van der Waals surface area contributed by atoms with Gasteiger partial charge in [-0.3, -0.25) is 20.0 Å². The van der Waals surface area contributed by atoms with Crippen molar-refractivity contribution in [3.8, 4) is 11.1 Å². The lowest BCUT2D eigenvalue weighted by Crippen LogP contribution is -2.39. The lowest BCUT2D eigenvalue weighted by molar-refractivity contribution is -0.142. The van der Waals surface area contributed by atoms with E-state index < -0.39 is 0 Å². The van der Waals surface area contributed by atoms with Gasteiger partial charge in [0.15, 0.2) is 0 Å². The number of benzene rings is 1. The number of pyridine rings is 1. The van der Waals surface area contributed by atoms with E-state index in [2.05, 4.69) is 4.98 Å². The first-order valence-electron chi connectivity index (χ1n) is 9.25. The van der Waals surface area contributed by atoms with Crippen LogP contribution in [0.1, 0.15) is 35.3 Å². The molecule has 2 aromatic rings. The van der Waals surface area contributed by atoms with Gasteiger partial charge in [0.05, 0.1) is 7.11 Å². The fraction of sp³-hybridized carbons (Fsp3) is 0.333. The van der Waals surface area contributed by atoms with E-state index in [1.54, 1.807) is 29.3 Å². The molecule has 0 unspecified atom stereocenters. The maximum atomic E-state index is 12.7. The monoisotopic (exact) mass is 380 g/mol. The summed E-state index contributed by atoms with van der Waals surface area (Å²) in [5, 5.41) is 7.44. The van der Waals surface area contributed by atoms with E-state index in [0.717, 1.165) is 24.0 Å². The Morgan fingerprint density at radius 1 is 1.14 bits per heavy atom. The van der Waals surface area contributed by atoms with Crippen molar-refractivity contribution >= 4 is 17.7 Å². The Kier molecular flexibility index (Phi) is 6.03. The molecule has 0 radical (unpaired) electrons. The highest BCUT2D eigenvalue weighted by Gasteiger charge is 2.25. The molecule has 2 heterocycles. The number of carbonyl (C=O) groups is 2. The maximum absolute atomic E-state index is 12.7. The molecule has 1 aliphatic heterocycles. The SMILES string of the molecule is COC(=O)CC1CCN(C(=O)c2ccc(-c3ccc(C(=N)N)cc3)cn2)CC1. The summed E-state index contributed by atoms with van der Waals surface area (Å²) in [6.07, 6.45) is 3.68. The van der Waals surface area contributed by atoms with E-state index in [1.165, 1.54) is 7.11 Å². The number of esters is 1. The van der Waals surface area contributed by atoms with Gasteiger partial charge >= 0.3 is 5.97 Å². The van der Waals surface area contributed by atoms with Crippen molar-refractivity contribution in [2.24, 2.45) is 11.7 Å². The summed E-state index contributed by atoms with van der Waals surface area (Å²) < 4.78 is 4.72. The number of piperidine rings is 1. The smallest absolute Gasteiger partial charge is 0.305 e. The van der Waals surface area contributed by atoms with Crippen molar-refractivity contribution in [3.05, 3.63) is 53.9 Å². The molecule has 1 amide bonds. The number of amides is 1. The minimum atomic E-state index is -0.196. The predicted octanol–water partition coefficient (Wildman–Crippen LogP) is 2.45. The average molecular weight is 380 g/mol. The van der Waals surface area contributed by atoms with Crippen molar-refractivity contribution in [1.82, 2.24) is 9.88 Å². The van der Waals surface area contributed by atoms with Gasteiger partial charge in [-0.25, -0.2) is 0 Å². The number of methoxy groups -OCH3 is 1. The molecular weight excluding hydrogens is 356 g/mol. The molecule has 1 aromatic heterocycles. The number of nitrogens with zero attached hydrogens (tertiary/aromatic N) is 2. The van der Waals surface area contributed by atoms with Gasteiger partial charge in [0.25, 0.3) is 5.91 Å². The summed E-state index contributed by atoms with van der Waals surface area (Å²) in [6, 6.07) is 10.9. The summed E-state index contributed by atoms with van der Waals surface area (Å²) >= 11 is 0. The lowest BCUT2D eigenvalue weighted by atomic mass is 9.93. The van der Waals surface area contributed by atoms with Crippen LogP contribution in [0.5, 0.6) is 0 Å². The summed E-state index contributed by atoms with van der Waals surface area (Å²) in [5.74, 6) is 0.0131. The van der Waals surface area contributed by atoms with E-state index in [0.29, 0.717) is 30.8 Å². The molecule has 0 aliphatic carbocycles. The highest BCUT2D eigenvalue weighted by atomic mass is 16.5. The van der Waals surface area contributed by atoms with Crippen LogP contribution >= 0.6 is 0 Å². The van der Waals surface area contributed by atoms with E-state index in [4.69, 9.17) is 15.9 Å². The molecule has 1 fully saturated rings. The Bertz CT molecular complexity index is 854. The van der Waals surface area contributed by atoms with Crippen LogP contribution in [0.15, 0.2) is 42.6 Å². The van der Waals surface area contributed by atoms with Gasteiger partial charge in [-0.2, -0.15) is 0 Å². The molecule has 1 aliphatic rings. The van der Waals surface area contributed by atoms with Crippen LogP contribution in [0.4, 0.5) is 0 Å². The van der Waals surface area contributed by atoms with Crippen LogP contribution in [0, 0.1) is 11.3 Å². The Morgan fingerprint density at radius 2 is 1.79 bits per heavy atom. The van der Waals surface area contributed by atoms with Gasteiger partial charge < -0.3 is 15.4 Å². The largest absolute Gasteiger partial charge is 0.469 e. The van der Waals surface area contributed by atoms with Crippen LogP contribution < -0.4 is 5.73 Å². The summed E-state index contributed by atoms with van der Waals surface area (Å²) in [6.45, 7) is 1.24. The Hall–Kier alpha value is -3.22. The van der Waals surface area contributed by atoms with E-state index in [9.17, 15) is 9.59 Å².